The third kappa shape index (κ3) is 1.84. The maximum absolute atomic E-state index is 13.2. The molecule has 3 heteroatoms. The first-order chi connectivity index (χ1) is 6.68. The summed E-state index contributed by atoms with van der Waals surface area (Å²) in [7, 11) is 0. The Morgan fingerprint density at radius 1 is 1.43 bits per heavy atom. The van der Waals surface area contributed by atoms with E-state index in [1.807, 2.05) is 6.07 Å². The first-order valence-electron chi connectivity index (χ1n) is 4.89. The van der Waals surface area contributed by atoms with Gasteiger partial charge in [-0.1, -0.05) is 12.5 Å². The Bertz CT molecular complexity index is 336. The van der Waals surface area contributed by atoms with E-state index in [1.54, 1.807) is 6.07 Å². The van der Waals surface area contributed by atoms with Gasteiger partial charge in [-0.3, -0.25) is 0 Å². The van der Waals surface area contributed by atoms with Crippen molar-refractivity contribution in [2.75, 3.05) is 0 Å². The number of hydrogen-bond donors (Lipinski definition) is 1. The second-order valence-electron chi connectivity index (χ2n) is 3.89. The Morgan fingerprint density at radius 2 is 2.14 bits per heavy atom. The molecular weight excluding hydrogens is 245 g/mol. The molecule has 14 heavy (non-hydrogen) atoms. The molecule has 1 aliphatic carbocycles. The number of hydrogen-bond acceptors (Lipinski definition) is 1. The van der Waals surface area contributed by atoms with E-state index >= 15 is 0 Å². The van der Waals surface area contributed by atoms with Crippen LogP contribution in [0.1, 0.15) is 30.9 Å². The fourth-order valence-electron chi connectivity index (χ4n) is 1.79. The van der Waals surface area contributed by atoms with Crippen molar-refractivity contribution in [3.63, 3.8) is 0 Å². The van der Waals surface area contributed by atoms with Crippen LogP contribution in [-0.2, 0) is 0 Å². The molecular formula is C11H13BrFN. The number of nitrogens with two attached hydrogens (primary N) is 1. The van der Waals surface area contributed by atoms with E-state index in [-0.39, 0.29) is 11.9 Å². The summed E-state index contributed by atoms with van der Waals surface area (Å²) >= 11 is 3.13. The third-order valence-corrected chi connectivity index (χ3v) is 3.63. The van der Waals surface area contributed by atoms with Gasteiger partial charge in [0.05, 0.1) is 4.47 Å². The Balaban J connectivity index is 2.18. The molecule has 0 aromatic heterocycles. The molecule has 0 amide bonds. The van der Waals surface area contributed by atoms with Gasteiger partial charge in [0.2, 0.25) is 0 Å². The Morgan fingerprint density at radius 3 is 2.64 bits per heavy atom. The second kappa shape index (κ2) is 3.99. The van der Waals surface area contributed by atoms with E-state index in [9.17, 15) is 4.39 Å². The average molecular weight is 258 g/mol. The molecule has 2 rings (SSSR count). The van der Waals surface area contributed by atoms with Gasteiger partial charge < -0.3 is 5.73 Å². The lowest BCUT2D eigenvalue weighted by Gasteiger charge is -2.31. The predicted molar refractivity (Wildman–Crippen MR) is 58.4 cm³/mol. The molecule has 0 unspecified atom stereocenters. The van der Waals surface area contributed by atoms with Crippen LogP contribution in [0.15, 0.2) is 22.7 Å². The highest BCUT2D eigenvalue weighted by molar-refractivity contribution is 9.10. The van der Waals surface area contributed by atoms with Gasteiger partial charge in [-0.05, 0) is 52.4 Å². The summed E-state index contributed by atoms with van der Waals surface area (Å²) in [5.74, 6) is 0.327. The van der Waals surface area contributed by atoms with Crippen LogP contribution in [0.3, 0.4) is 0 Å². The van der Waals surface area contributed by atoms with Crippen molar-refractivity contribution in [2.24, 2.45) is 11.7 Å². The zero-order valence-corrected chi connectivity index (χ0v) is 9.43. The molecule has 0 aliphatic heterocycles. The summed E-state index contributed by atoms with van der Waals surface area (Å²) in [6.07, 6.45) is 3.62. The maximum Gasteiger partial charge on any atom is 0.137 e. The number of benzene rings is 1. The van der Waals surface area contributed by atoms with Crippen LogP contribution in [0.5, 0.6) is 0 Å². The van der Waals surface area contributed by atoms with Crippen LogP contribution in [0.25, 0.3) is 0 Å². The molecule has 1 aromatic rings. The van der Waals surface area contributed by atoms with E-state index in [2.05, 4.69) is 15.9 Å². The lowest BCUT2D eigenvalue weighted by molar-refractivity contribution is 0.264. The minimum absolute atomic E-state index is 0.00588. The van der Waals surface area contributed by atoms with E-state index in [0.29, 0.717) is 10.4 Å². The quantitative estimate of drug-likeness (QED) is 0.864. The van der Waals surface area contributed by atoms with Crippen LogP contribution < -0.4 is 5.73 Å². The van der Waals surface area contributed by atoms with Gasteiger partial charge in [0.25, 0.3) is 0 Å². The Labute approximate surface area is 91.6 Å². The number of rotatable bonds is 2. The molecule has 0 heterocycles. The molecule has 0 radical (unpaired) electrons. The highest BCUT2D eigenvalue weighted by Crippen LogP contribution is 2.36. The van der Waals surface area contributed by atoms with Crippen molar-refractivity contribution in [1.82, 2.24) is 0 Å². The summed E-state index contributed by atoms with van der Waals surface area (Å²) < 4.78 is 13.7. The van der Waals surface area contributed by atoms with Gasteiger partial charge in [-0.2, -0.15) is 0 Å². The Kier molecular flexibility index (Phi) is 2.88. The summed E-state index contributed by atoms with van der Waals surface area (Å²) in [5, 5.41) is 0. The first kappa shape index (κ1) is 10.1. The van der Waals surface area contributed by atoms with Gasteiger partial charge in [0, 0.05) is 6.04 Å². The van der Waals surface area contributed by atoms with Crippen molar-refractivity contribution in [3.8, 4) is 0 Å². The molecule has 0 bridgehead atoms. The van der Waals surface area contributed by atoms with Crippen molar-refractivity contribution >= 4 is 15.9 Å². The van der Waals surface area contributed by atoms with E-state index in [0.717, 1.165) is 5.56 Å². The molecule has 1 fully saturated rings. The van der Waals surface area contributed by atoms with E-state index in [1.165, 1.54) is 25.3 Å². The molecule has 0 spiro atoms. The molecule has 0 saturated heterocycles. The zero-order valence-electron chi connectivity index (χ0n) is 7.84. The zero-order chi connectivity index (χ0) is 10.1. The molecule has 1 nitrogen and oxygen atoms in total. The minimum atomic E-state index is -0.225. The van der Waals surface area contributed by atoms with Gasteiger partial charge in [0.1, 0.15) is 5.82 Å². The van der Waals surface area contributed by atoms with E-state index < -0.39 is 0 Å². The third-order valence-electron chi connectivity index (χ3n) is 2.99. The fourth-order valence-corrected chi connectivity index (χ4v) is 2.04. The average Bonchev–Trinajstić information content (AvgIpc) is 2.06. The number of halogens is 2. The second-order valence-corrected chi connectivity index (χ2v) is 4.74. The Hall–Kier alpha value is -0.410. The van der Waals surface area contributed by atoms with Crippen molar-refractivity contribution in [1.29, 1.82) is 0 Å². The molecule has 1 aromatic carbocycles. The van der Waals surface area contributed by atoms with Crippen LogP contribution in [0.2, 0.25) is 0 Å². The standard InChI is InChI=1S/C11H13BrFN/c12-9-5-4-8(6-10(9)13)11(14)7-2-1-3-7/h4-7,11H,1-3,14H2/t11-/m0/s1. The fraction of sp³-hybridized carbons (Fsp3) is 0.455. The predicted octanol–water partition coefficient (Wildman–Crippen LogP) is 3.39. The summed E-state index contributed by atoms with van der Waals surface area (Å²) in [5.41, 5.74) is 6.95. The van der Waals surface area contributed by atoms with Gasteiger partial charge >= 0.3 is 0 Å². The molecule has 1 saturated carbocycles. The van der Waals surface area contributed by atoms with Crippen LogP contribution in [0.4, 0.5) is 4.39 Å². The molecule has 1 atom stereocenters. The maximum atomic E-state index is 13.2. The monoisotopic (exact) mass is 257 g/mol. The molecule has 1 aliphatic rings. The summed E-state index contributed by atoms with van der Waals surface area (Å²) in [6, 6.07) is 5.17. The SMILES string of the molecule is N[C@H](c1ccc(Br)c(F)c1)C1CCC1. The van der Waals surface area contributed by atoms with Crippen molar-refractivity contribution < 1.29 is 4.39 Å². The molecule has 2 N–H and O–H groups in total. The first-order valence-corrected chi connectivity index (χ1v) is 5.68. The van der Waals surface area contributed by atoms with Gasteiger partial charge in [-0.25, -0.2) is 4.39 Å². The highest BCUT2D eigenvalue weighted by Gasteiger charge is 2.25. The normalized spacial score (nSPS) is 19.1. The summed E-state index contributed by atoms with van der Waals surface area (Å²) in [4.78, 5) is 0. The minimum Gasteiger partial charge on any atom is -0.324 e. The van der Waals surface area contributed by atoms with Crippen molar-refractivity contribution in [3.05, 3.63) is 34.1 Å². The molecule has 76 valence electrons. The summed E-state index contributed by atoms with van der Waals surface area (Å²) in [6.45, 7) is 0. The smallest absolute Gasteiger partial charge is 0.137 e. The lowest BCUT2D eigenvalue weighted by atomic mass is 9.77. The van der Waals surface area contributed by atoms with Crippen LogP contribution >= 0.6 is 15.9 Å². The topological polar surface area (TPSA) is 26.0 Å². The van der Waals surface area contributed by atoms with Gasteiger partial charge in [-0.15, -0.1) is 0 Å². The largest absolute Gasteiger partial charge is 0.324 e. The highest BCUT2D eigenvalue weighted by atomic mass is 79.9. The van der Waals surface area contributed by atoms with E-state index in [4.69, 9.17) is 5.73 Å². The van der Waals surface area contributed by atoms with Gasteiger partial charge in [0.15, 0.2) is 0 Å². The van der Waals surface area contributed by atoms with Crippen LogP contribution in [-0.4, -0.2) is 0 Å². The van der Waals surface area contributed by atoms with Crippen molar-refractivity contribution in [2.45, 2.75) is 25.3 Å². The lowest BCUT2D eigenvalue weighted by Crippen LogP contribution is -2.26. The van der Waals surface area contributed by atoms with Crippen LogP contribution in [0, 0.1) is 11.7 Å².